The number of hydrogen-bond donors (Lipinski definition) is 8. The normalized spacial score (nSPS) is 10.6. The van der Waals surface area contributed by atoms with E-state index in [0.29, 0.717) is 25.7 Å². The molecule has 0 atom stereocenters. The van der Waals surface area contributed by atoms with Crippen LogP contribution in [0.5, 0.6) is 23.0 Å². The first-order chi connectivity index (χ1) is 29.5. The van der Waals surface area contributed by atoms with Gasteiger partial charge in [-0.1, -0.05) is 87.1 Å². The molecule has 326 valence electrons. The van der Waals surface area contributed by atoms with Crippen molar-refractivity contribution in [2.45, 2.75) is 64.2 Å². The number of carbonyl (C=O) groups is 8. The summed E-state index contributed by atoms with van der Waals surface area (Å²) in [5, 5.41) is 78.9. The van der Waals surface area contributed by atoms with Crippen molar-refractivity contribution in [3.05, 3.63) is 118 Å². The molecule has 0 saturated heterocycles. The van der Waals surface area contributed by atoms with Gasteiger partial charge < -0.3 is 40.9 Å². The number of phenolic OH excluding ortho intramolecular Hbond substituents is 4. The van der Waals surface area contributed by atoms with Gasteiger partial charge in [-0.3, -0.25) is 19.2 Å². The van der Waals surface area contributed by atoms with E-state index >= 15 is 0 Å². The molecule has 0 fully saturated rings. The molecule has 4 aromatic rings. The summed E-state index contributed by atoms with van der Waals surface area (Å²) in [6, 6.07) is 17.6. The molecule has 20 heteroatoms. The molecule has 4 rings (SSSR count). The van der Waals surface area contributed by atoms with Gasteiger partial charge in [0.05, 0.1) is 22.3 Å². The van der Waals surface area contributed by atoms with Gasteiger partial charge in [0, 0.05) is 0 Å². The van der Waals surface area contributed by atoms with Crippen molar-refractivity contribution in [1.82, 2.24) is 20.0 Å². The van der Waals surface area contributed by atoms with Crippen molar-refractivity contribution in [2.75, 3.05) is 0 Å². The van der Waals surface area contributed by atoms with Gasteiger partial charge in [-0.2, -0.15) is 10.0 Å². The lowest BCUT2D eigenvalue weighted by molar-refractivity contribution is 0.00682. The number of carboxylic acid groups (broad SMARTS) is 4. The molecule has 0 bridgehead atoms. The van der Waals surface area contributed by atoms with Crippen LogP contribution in [-0.4, -0.2) is 109 Å². The van der Waals surface area contributed by atoms with E-state index < -0.39 is 103 Å². The highest BCUT2D eigenvalue weighted by atomic mass is 16.5. The van der Waals surface area contributed by atoms with Gasteiger partial charge in [0.2, 0.25) is 0 Å². The van der Waals surface area contributed by atoms with Crippen molar-refractivity contribution in [1.29, 1.82) is 0 Å². The Kier molecular flexibility index (Phi) is 15.9. The van der Waals surface area contributed by atoms with E-state index in [1.165, 1.54) is 48.5 Å². The minimum absolute atomic E-state index is 0.196. The second-order valence-corrected chi connectivity index (χ2v) is 13.6. The average Bonchev–Trinajstić information content (AvgIpc) is 3.22. The highest BCUT2D eigenvalue weighted by molar-refractivity contribution is 6.15. The molecule has 0 aliphatic rings. The second-order valence-electron chi connectivity index (χ2n) is 13.6. The minimum atomic E-state index is -2.19. The third-order valence-corrected chi connectivity index (χ3v) is 9.51. The summed E-state index contributed by atoms with van der Waals surface area (Å²) in [7, 11) is 0. The third kappa shape index (κ3) is 10.9. The summed E-state index contributed by atoms with van der Waals surface area (Å²) >= 11 is 0. The number of phenols is 4. The number of unbranched alkanes of at least 4 members (excludes halogenated alkanes) is 7. The summed E-state index contributed by atoms with van der Waals surface area (Å²) in [4.78, 5) is 101. The van der Waals surface area contributed by atoms with Gasteiger partial charge in [0.25, 0.3) is 23.6 Å². The summed E-state index contributed by atoms with van der Waals surface area (Å²) < 4.78 is 0. The number of benzene rings is 4. The van der Waals surface area contributed by atoms with Crippen LogP contribution >= 0.6 is 0 Å². The van der Waals surface area contributed by atoms with Crippen LogP contribution in [-0.2, 0) is 12.8 Å². The summed E-state index contributed by atoms with van der Waals surface area (Å²) in [5.41, 5.74) is -1.65. The zero-order valence-corrected chi connectivity index (χ0v) is 32.8. The lowest BCUT2D eigenvalue weighted by atomic mass is 9.99. The van der Waals surface area contributed by atoms with Crippen LogP contribution in [0, 0.1) is 0 Å². The Bertz CT molecular complexity index is 2180. The molecule has 0 aliphatic carbocycles. The molecule has 8 N–H and O–H groups in total. The molecule has 20 nitrogen and oxygen atoms in total. The van der Waals surface area contributed by atoms with Crippen molar-refractivity contribution >= 4 is 48.0 Å². The molecule has 8 amide bonds. The van der Waals surface area contributed by atoms with E-state index in [-0.39, 0.29) is 34.0 Å². The summed E-state index contributed by atoms with van der Waals surface area (Å²) in [6.07, 6.45) is -2.43. The predicted molar refractivity (Wildman–Crippen MR) is 214 cm³/mol. The molecule has 0 aromatic heterocycles. The van der Waals surface area contributed by atoms with E-state index in [4.69, 9.17) is 0 Å². The first kappa shape index (κ1) is 46.5. The number of hydrazine groups is 2. The van der Waals surface area contributed by atoms with Crippen molar-refractivity contribution < 1.29 is 79.2 Å². The maximum atomic E-state index is 13.5. The van der Waals surface area contributed by atoms with Crippen LogP contribution in [0.15, 0.2) is 84.9 Å². The fourth-order valence-corrected chi connectivity index (χ4v) is 6.44. The Labute approximate surface area is 352 Å². The first-order valence-corrected chi connectivity index (χ1v) is 19.0. The standard InChI is InChI=1S/C42H42N4O16/c47-31-23-11-9-19-27(31)35(51)43(45(39(55)56)40(57)58)37(53)29-21-13-17-25(33(29)49)15-7-5-3-1-2-4-6-8-16-26-18-14-22-30(34(26)50)38(54)44(46(41(59)60)42(61)62)36(52)28-20-10-12-24-32(28)48/h9-14,17-24,47-50H,1-8,15-16H2,(H,55,56)(H,57,58)(H,59,60)(H,61,62). The van der Waals surface area contributed by atoms with E-state index in [0.717, 1.165) is 62.1 Å². The monoisotopic (exact) mass is 858 g/mol. The largest absolute Gasteiger partial charge is 0.507 e. The Morgan fingerprint density at radius 1 is 0.339 bits per heavy atom. The number of para-hydroxylation sites is 4. The fraction of sp³-hybridized carbons (Fsp3) is 0.238. The smallest absolute Gasteiger partial charge is 0.437 e. The molecule has 0 heterocycles. The number of amides is 8. The number of carbonyl (C=O) groups excluding carboxylic acids is 4. The van der Waals surface area contributed by atoms with Gasteiger partial charge in [-0.05, 0) is 73.2 Å². The Balaban J connectivity index is 1.30. The highest BCUT2D eigenvalue weighted by Gasteiger charge is 2.41. The van der Waals surface area contributed by atoms with Crippen LogP contribution in [0.1, 0.15) is 104 Å². The maximum absolute atomic E-state index is 13.5. The van der Waals surface area contributed by atoms with E-state index in [1.54, 1.807) is 0 Å². The van der Waals surface area contributed by atoms with Crippen LogP contribution in [0.25, 0.3) is 0 Å². The minimum Gasteiger partial charge on any atom is -0.507 e. The molecule has 0 radical (unpaired) electrons. The highest BCUT2D eigenvalue weighted by Crippen LogP contribution is 2.30. The van der Waals surface area contributed by atoms with E-state index in [1.807, 2.05) is 0 Å². The van der Waals surface area contributed by atoms with Crippen LogP contribution in [0.2, 0.25) is 0 Å². The SMILES string of the molecule is O=C(O)N(C(=O)O)N(C(=O)c1ccccc1O)C(=O)c1cccc(CCCCCCCCCCc2cccc(C(=O)N(C(=O)c3ccccc3O)N(C(=O)O)C(=O)O)c2O)c1O. The predicted octanol–water partition coefficient (Wildman–Crippen LogP) is 7.13. The van der Waals surface area contributed by atoms with Gasteiger partial charge in [0.15, 0.2) is 0 Å². The van der Waals surface area contributed by atoms with Crippen LogP contribution in [0.3, 0.4) is 0 Å². The number of aryl methyl sites for hydroxylation is 2. The molecule has 0 unspecified atom stereocenters. The van der Waals surface area contributed by atoms with Gasteiger partial charge >= 0.3 is 24.4 Å². The molecule has 0 spiro atoms. The van der Waals surface area contributed by atoms with Crippen molar-refractivity contribution in [3.63, 3.8) is 0 Å². The zero-order valence-electron chi connectivity index (χ0n) is 32.8. The van der Waals surface area contributed by atoms with Crippen LogP contribution in [0.4, 0.5) is 19.2 Å². The Morgan fingerprint density at radius 2 is 0.613 bits per heavy atom. The topological polar surface area (TPSA) is 311 Å². The molecule has 4 aromatic carbocycles. The number of aromatic hydroxyl groups is 4. The molecule has 62 heavy (non-hydrogen) atoms. The zero-order chi connectivity index (χ0) is 45.7. The Hall–Kier alpha value is -8.16. The van der Waals surface area contributed by atoms with Crippen molar-refractivity contribution in [3.8, 4) is 23.0 Å². The van der Waals surface area contributed by atoms with Gasteiger partial charge in [-0.25, -0.2) is 19.2 Å². The molecule has 0 saturated carbocycles. The summed E-state index contributed by atoms with van der Waals surface area (Å²) in [5.74, 6) is -8.33. The van der Waals surface area contributed by atoms with E-state index in [9.17, 15) is 79.2 Å². The maximum Gasteiger partial charge on any atom is 0.437 e. The number of imide groups is 4. The molecular weight excluding hydrogens is 816 g/mol. The lowest BCUT2D eigenvalue weighted by Crippen LogP contribution is -2.54. The molecule has 0 aliphatic heterocycles. The van der Waals surface area contributed by atoms with E-state index in [2.05, 4.69) is 0 Å². The lowest BCUT2D eigenvalue weighted by Gasteiger charge is -2.27. The first-order valence-electron chi connectivity index (χ1n) is 19.0. The number of nitrogens with zero attached hydrogens (tertiary/aromatic N) is 4. The third-order valence-electron chi connectivity index (χ3n) is 9.51. The van der Waals surface area contributed by atoms with Gasteiger partial charge in [-0.15, -0.1) is 10.0 Å². The number of rotatable bonds is 15. The Morgan fingerprint density at radius 3 is 0.919 bits per heavy atom. The van der Waals surface area contributed by atoms with Gasteiger partial charge in [0.1, 0.15) is 23.0 Å². The van der Waals surface area contributed by atoms with Crippen molar-refractivity contribution in [2.24, 2.45) is 0 Å². The average molecular weight is 859 g/mol. The number of hydrogen-bond acceptors (Lipinski definition) is 12. The second kappa shape index (κ2) is 21.2. The fourth-order valence-electron chi connectivity index (χ4n) is 6.44. The quantitative estimate of drug-likeness (QED) is 0.0335. The summed E-state index contributed by atoms with van der Waals surface area (Å²) in [6.45, 7) is 0. The van der Waals surface area contributed by atoms with Crippen LogP contribution < -0.4 is 0 Å². The molecular formula is C42H42N4O16.